The van der Waals surface area contributed by atoms with Gasteiger partial charge in [0.05, 0.1) is 19.8 Å². The first-order valence-corrected chi connectivity index (χ1v) is 16.1. The summed E-state index contributed by atoms with van der Waals surface area (Å²) in [4.78, 5) is 38.2. The first-order valence-electron chi connectivity index (χ1n) is 16.1. The highest BCUT2D eigenvalue weighted by Crippen LogP contribution is 2.34. The average molecular weight is 664 g/mol. The van der Waals surface area contributed by atoms with E-state index in [-0.39, 0.29) is 74.1 Å². The third-order valence-corrected chi connectivity index (χ3v) is 8.47. The summed E-state index contributed by atoms with van der Waals surface area (Å²) in [5, 5.41) is 28.5. The number of phenolic OH excluding ortho intramolecular Hbond substituents is 3. The van der Waals surface area contributed by atoms with Crippen LogP contribution in [0.2, 0.25) is 0 Å². The number of aromatic hydroxyl groups is 3. The lowest BCUT2D eigenvalue weighted by molar-refractivity contribution is -0.149. The van der Waals surface area contributed by atoms with Crippen LogP contribution in [0, 0.1) is 17.8 Å². The number of phenols is 3. The van der Waals surface area contributed by atoms with E-state index >= 15 is 0 Å². The Morgan fingerprint density at radius 3 is 0.958 bits per heavy atom. The highest BCUT2D eigenvalue weighted by molar-refractivity contribution is 5.76. The van der Waals surface area contributed by atoms with Gasteiger partial charge in [-0.25, -0.2) is 0 Å². The minimum atomic E-state index is -0.892. The van der Waals surface area contributed by atoms with Gasteiger partial charge >= 0.3 is 17.9 Å². The monoisotopic (exact) mass is 663 g/mol. The van der Waals surface area contributed by atoms with Crippen LogP contribution in [0.3, 0.4) is 0 Å². The summed E-state index contributed by atoms with van der Waals surface area (Å²) in [6, 6.07) is 16.6. The van der Waals surface area contributed by atoms with Gasteiger partial charge in [0.2, 0.25) is 0 Å². The van der Waals surface area contributed by atoms with Gasteiger partial charge in [0.15, 0.2) is 0 Å². The van der Waals surface area contributed by atoms with Crippen LogP contribution in [0.5, 0.6) is 17.2 Å². The van der Waals surface area contributed by atoms with Crippen molar-refractivity contribution in [3.8, 4) is 17.2 Å². The molecule has 12 heteroatoms. The highest BCUT2D eigenvalue weighted by Gasteiger charge is 2.33. The van der Waals surface area contributed by atoms with Crippen LogP contribution in [0.4, 0.5) is 0 Å². The normalized spacial score (nSPS) is 19.4. The van der Waals surface area contributed by atoms with Gasteiger partial charge in [-0.1, -0.05) is 36.4 Å². The van der Waals surface area contributed by atoms with E-state index in [2.05, 4.69) is 0 Å². The molecule has 0 aliphatic heterocycles. The fraction of sp³-hybridized carbons (Fsp3) is 0.417. The maximum atomic E-state index is 12.7. The van der Waals surface area contributed by atoms with Gasteiger partial charge in [0, 0.05) is 0 Å². The third-order valence-electron chi connectivity index (χ3n) is 8.47. The Balaban J connectivity index is 1.32. The molecule has 12 nitrogen and oxygen atoms in total. The average Bonchev–Trinajstić information content (AvgIpc) is 3.07. The van der Waals surface area contributed by atoms with Crippen LogP contribution >= 0.6 is 0 Å². The predicted octanol–water partition coefficient (Wildman–Crippen LogP) is 2.48. The molecule has 0 bridgehead atoms. The molecule has 1 fully saturated rings. The van der Waals surface area contributed by atoms with Crippen molar-refractivity contribution >= 4 is 17.9 Å². The highest BCUT2D eigenvalue weighted by atomic mass is 16.5. The molecule has 3 aromatic carbocycles. The molecular formula is C36H45N3O9. The molecule has 0 spiro atoms. The molecule has 1 aliphatic rings. The van der Waals surface area contributed by atoms with Crippen molar-refractivity contribution in [2.24, 2.45) is 35.0 Å². The third kappa shape index (κ3) is 11.5. The van der Waals surface area contributed by atoms with Crippen molar-refractivity contribution in [1.82, 2.24) is 0 Å². The number of nitrogens with two attached hydrogens (primary N) is 3. The second kappa shape index (κ2) is 17.5. The Hall–Kier alpha value is -4.65. The molecule has 1 saturated carbocycles. The van der Waals surface area contributed by atoms with Gasteiger partial charge in [-0.15, -0.1) is 0 Å². The van der Waals surface area contributed by atoms with Crippen LogP contribution in [0.25, 0.3) is 0 Å². The minimum Gasteiger partial charge on any atom is -0.508 e. The van der Waals surface area contributed by atoms with Crippen LogP contribution < -0.4 is 17.2 Å². The van der Waals surface area contributed by atoms with Crippen LogP contribution in [0.1, 0.15) is 36.0 Å². The zero-order chi connectivity index (χ0) is 34.6. The molecule has 3 atom stereocenters. The van der Waals surface area contributed by atoms with E-state index < -0.39 is 36.0 Å². The van der Waals surface area contributed by atoms with Crippen molar-refractivity contribution in [3.63, 3.8) is 0 Å². The second-order valence-corrected chi connectivity index (χ2v) is 12.6. The molecule has 48 heavy (non-hydrogen) atoms. The Labute approximate surface area is 279 Å². The van der Waals surface area contributed by atoms with Crippen LogP contribution in [-0.2, 0) is 47.9 Å². The molecule has 0 amide bonds. The molecule has 0 unspecified atom stereocenters. The quantitative estimate of drug-likeness (QED) is 0.102. The fourth-order valence-corrected chi connectivity index (χ4v) is 5.94. The Morgan fingerprint density at radius 2 is 0.729 bits per heavy atom. The summed E-state index contributed by atoms with van der Waals surface area (Å²) in [5.41, 5.74) is 20.7. The van der Waals surface area contributed by atoms with Gasteiger partial charge in [0.1, 0.15) is 35.4 Å². The van der Waals surface area contributed by atoms with Crippen molar-refractivity contribution in [3.05, 3.63) is 89.5 Å². The molecule has 1 aliphatic carbocycles. The molecular weight excluding hydrogens is 618 g/mol. The van der Waals surface area contributed by atoms with Crippen LogP contribution in [0.15, 0.2) is 72.8 Å². The fourth-order valence-electron chi connectivity index (χ4n) is 5.94. The summed E-state index contributed by atoms with van der Waals surface area (Å²) in [5.74, 6) is -1.63. The molecule has 3 aromatic rings. The van der Waals surface area contributed by atoms with Crippen molar-refractivity contribution in [2.75, 3.05) is 19.8 Å². The van der Waals surface area contributed by atoms with E-state index in [1.165, 1.54) is 36.4 Å². The maximum absolute atomic E-state index is 12.7. The number of carbonyl (C=O) groups excluding carboxylic acids is 3. The summed E-state index contributed by atoms with van der Waals surface area (Å²) in [6.45, 7) is 0.285. The number of rotatable bonds is 15. The standard InChI is InChI=1S/C36H45N3O9/c37-31(16-22-1-7-28(40)8-2-22)34(43)46-19-25-13-26(20-47-35(44)32(38)17-23-3-9-29(41)10-4-23)15-27(14-25)21-48-36(45)33(39)18-24-5-11-30(42)12-6-24/h1-12,25-27,31-33,40-42H,13-21,37-39H2/t25?,26?,27?,31-,32-,33-/m0/s1. The zero-order valence-electron chi connectivity index (χ0n) is 26.8. The van der Waals surface area contributed by atoms with E-state index in [0.717, 1.165) is 16.7 Å². The summed E-state index contributed by atoms with van der Waals surface area (Å²) >= 11 is 0. The number of hydrogen-bond acceptors (Lipinski definition) is 12. The lowest BCUT2D eigenvalue weighted by Crippen LogP contribution is -2.39. The van der Waals surface area contributed by atoms with Gasteiger partial charge in [-0.05, 0) is 109 Å². The van der Waals surface area contributed by atoms with Gasteiger partial charge < -0.3 is 46.7 Å². The molecule has 4 rings (SSSR count). The van der Waals surface area contributed by atoms with E-state index in [0.29, 0.717) is 19.3 Å². The number of hydrogen-bond donors (Lipinski definition) is 6. The summed E-state index contributed by atoms with van der Waals surface area (Å²) in [6.07, 6.45) is 2.55. The molecule has 9 N–H and O–H groups in total. The number of ether oxygens (including phenoxy) is 3. The lowest BCUT2D eigenvalue weighted by Gasteiger charge is -2.34. The molecule has 0 radical (unpaired) electrons. The maximum Gasteiger partial charge on any atom is 0.323 e. The van der Waals surface area contributed by atoms with E-state index in [4.69, 9.17) is 31.4 Å². The van der Waals surface area contributed by atoms with Crippen molar-refractivity contribution in [1.29, 1.82) is 0 Å². The number of carbonyl (C=O) groups is 3. The predicted molar refractivity (Wildman–Crippen MR) is 177 cm³/mol. The Kier molecular flexibility index (Phi) is 13.2. The van der Waals surface area contributed by atoms with E-state index in [1.54, 1.807) is 36.4 Å². The second-order valence-electron chi connectivity index (χ2n) is 12.6. The molecule has 0 aromatic heterocycles. The topological polar surface area (TPSA) is 218 Å². The van der Waals surface area contributed by atoms with Gasteiger partial charge in [-0.2, -0.15) is 0 Å². The number of benzene rings is 3. The van der Waals surface area contributed by atoms with Crippen molar-refractivity contribution in [2.45, 2.75) is 56.7 Å². The molecule has 0 saturated heterocycles. The first-order chi connectivity index (χ1) is 22.9. The lowest BCUT2D eigenvalue weighted by atomic mass is 9.76. The SMILES string of the molecule is N[C@@H](Cc1ccc(O)cc1)C(=O)OCC1CC(COC(=O)[C@@H](N)Cc2ccc(O)cc2)CC(COC(=O)[C@@H](N)Cc2ccc(O)cc2)C1. The van der Waals surface area contributed by atoms with Gasteiger partial charge in [0.25, 0.3) is 0 Å². The largest absolute Gasteiger partial charge is 0.508 e. The smallest absolute Gasteiger partial charge is 0.323 e. The van der Waals surface area contributed by atoms with E-state index in [1.807, 2.05) is 0 Å². The Morgan fingerprint density at radius 1 is 0.500 bits per heavy atom. The van der Waals surface area contributed by atoms with Crippen molar-refractivity contribution < 1.29 is 43.9 Å². The Bertz CT molecular complexity index is 1300. The molecule has 0 heterocycles. The minimum absolute atomic E-state index is 0.0950. The van der Waals surface area contributed by atoms with E-state index in [9.17, 15) is 29.7 Å². The summed E-state index contributed by atoms with van der Waals surface area (Å²) < 4.78 is 16.8. The molecule has 258 valence electrons. The van der Waals surface area contributed by atoms with Gasteiger partial charge in [-0.3, -0.25) is 14.4 Å². The summed E-state index contributed by atoms with van der Waals surface area (Å²) in [7, 11) is 0. The first kappa shape index (κ1) is 36.2. The zero-order valence-corrected chi connectivity index (χ0v) is 26.8. The van der Waals surface area contributed by atoms with Crippen LogP contribution in [-0.4, -0.2) is 71.2 Å². The number of esters is 3.